The van der Waals surface area contributed by atoms with Gasteiger partial charge in [-0.05, 0) is 30.3 Å². The minimum absolute atomic E-state index is 0.0543. The molecule has 1 aliphatic rings. The van der Waals surface area contributed by atoms with Crippen LogP contribution in [0.5, 0.6) is 5.75 Å². The predicted molar refractivity (Wildman–Crippen MR) is 76.1 cm³/mol. The zero-order chi connectivity index (χ0) is 16.1. The molecular formula is C13H6ClF3N2O2S. The quantitative estimate of drug-likeness (QED) is 0.882. The minimum atomic E-state index is -4.78. The summed E-state index contributed by atoms with van der Waals surface area (Å²) in [5, 5.41) is 8.01. The number of thiophene rings is 1. The van der Waals surface area contributed by atoms with E-state index in [-0.39, 0.29) is 11.5 Å². The number of nitrogens with one attached hydrogen (secondary N) is 1. The van der Waals surface area contributed by atoms with E-state index in [1.165, 1.54) is 18.2 Å². The van der Waals surface area contributed by atoms with Crippen LogP contribution < -0.4 is 9.64 Å². The first kappa shape index (κ1) is 14.9. The van der Waals surface area contributed by atoms with Crippen LogP contribution in [-0.2, 0) is 0 Å². The lowest BCUT2D eigenvalue weighted by Crippen LogP contribution is -2.29. The largest absolute Gasteiger partial charge is 0.573 e. The van der Waals surface area contributed by atoms with Crippen LogP contribution in [0, 0.1) is 5.41 Å². The van der Waals surface area contributed by atoms with E-state index in [0.29, 0.717) is 14.8 Å². The van der Waals surface area contributed by atoms with Gasteiger partial charge in [0.05, 0.1) is 20.5 Å². The normalized spacial score (nSPS) is 14.5. The fourth-order valence-corrected chi connectivity index (χ4v) is 3.22. The number of halogens is 4. The van der Waals surface area contributed by atoms with Crippen molar-refractivity contribution >= 4 is 40.4 Å². The number of amides is 1. The van der Waals surface area contributed by atoms with Crippen molar-refractivity contribution in [3.63, 3.8) is 0 Å². The first-order valence-corrected chi connectivity index (χ1v) is 7.04. The van der Waals surface area contributed by atoms with Gasteiger partial charge >= 0.3 is 6.36 Å². The van der Waals surface area contributed by atoms with Crippen LogP contribution in [0.1, 0.15) is 15.2 Å². The van der Waals surface area contributed by atoms with Gasteiger partial charge in [-0.2, -0.15) is 0 Å². The second-order valence-electron chi connectivity index (χ2n) is 4.32. The number of carbonyl (C=O) groups is 1. The highest BCUT2D eigenvalue weighted by Crippen LogP contribution is 2.36. The highest BCUT2D eigenvalue weighted by atomic mass is 35.5. The van der Waals surface area contributed by atoms with Gasteiger partial charge < -0.3 is 4.74 Å². The van der Waals surface area contributed by atoms with E-state index in [0.717, 1.165) is 28.4 Å². The number of rotatable bonds is 2. The summed E-state index contributed by atoms with van der Waals surface area (Å²) in [6.45, 7) is 0. The highest BCUT2D eigenvalue weighted by molar-refractivity contribution is 7.19. The van der Waals surface area contributed by atoms with Crippen LogP contribution in [0.15, 0.2) is 30.3 Å². The van der Waals surface area contributed by atoms with E-state index in [2.05, 4.69) is 4.74 Å². The molecule has 2 heterocycles. The Morgan fingerprint density at radius 3 is 2.41 bits per heavy atom. The average Bonchev–Trinajstić information content (AvgIpc) is 2.89. The number of anilines is 1. The molecule has 0 saturated carbocycles. The molecule has 1 N–H and O–H groups in total. The van der Waals surface area contributed by atoms with Crippen molar-refractivity contribution in [3.8, 4) is 5.75 Å². The molecule has 2 aromatic rings. The molecule has 0 atom stereocenters. The van der Waals surface area contributed by atoms with Gasteiger partial charge in [0.1, 0.15) is 5.75 Å². The molecule has 0 saturated heterocycles. The summed E-state index contributed by atoms with van der Waals surface area (Å²) < 4.78 is 40.5. The average molecular weight is 347 g/mol. The maximum atomic E-state index is 12.3. The molecule has 0 unspecified atom stereocenters. The monoisotopic (exact) mass is 346 g/mol. The second-order valence-corrected chi connectivity index (χ2v) is 6.01. The van der Waals surface area contributed by atoms with Crippen LogP contribution >= 0.6 is 22.9 Å². The Bertz CT molecular complexity index is 737. The Labute approximate surface area is 131 Å². The number of hydrogen-bond acceptors (Lipinski definition) is 4. The summed E-state index contributed by atoms with van der Waals surface area (Å²) in [4.78, 5) is 13.8. The first-order valence-electron chi connectivity index (χ1n) is 5.85. The van der Waals surface area contributed by atoms with Gasteiger partial charge in [-0.15, -0.1) is 24.5 Å². The number of carbonyl (C=O) groups excluding carboxylic acids is 1. The Kier molecular flexibility index (Phi) is 3.37. The Balaban J connectivity index is 1.88. The molecule has 9 heteroatoms. The molecule has 3 rings (SSSR count). The van der Waals surface area contributed by atoms with Gasteiger partial charge in [-0.1, -0.05) is 11.6 Å². The smallest absolute Gasteiger partial charge is 0.406 e. The standard InChI is InChI=1S/C13H6ClF3N2O2S/c14-9-5-8-10(22-9)11(18)19(12(8)20)6-1-3-7(4-2-6)21-13(15,16)17/h1-5,18H. The van der Waals surface area contributed by atoms with Crippen LogP contribution in [-0.4, -0.2) is 18.1 Å². The Hall–Kier alpha value is -2.06. The molecule has 1 amide bonds. The molecule has 1 aliphatic heterocycles. The SMILES string of the molecule is N=C1c2sc(Cl)cc2C(=O)N1c1ccc(OC(F)(F)F)cc1. The zero-order valence-electron chi connectivity index (χ0n) is 10.6. The van der Waals surface area contributed by atoms with Crippen molar-refractivity contribution < 1.29 is 22.7 Å². The minimum Gasteiger partial charge on any atom is -0.406 e. The molecular weight excluding hydrogens is 341 g/mol. The molecule has 0 aliphatic carbocycles. The Morgan fingerprint density at radius 2 is 1.86 bits per heavy atom. The number of hydrogen-bond donors (Lipinski definition) is 1. The van der Waals surface area contributed by atoms with Gasteiger partial charge in [0, 0.05) is 0 Å². The third-order valence-corrected chi connectivity index (χ3v) is 4.17. The number of fused-ring (bicyclic) bond motifs is 1. The molecule has 0 radical (unpaired) electrons. The lowest BCUT2D eigenvalue weighted by Gasteiger charge is -2.17. The zero-order valence-corrected chi connectivity index (χ0v) is 12.1. The maximum Gasteiger partial charge on any atom is 0.573 e. The maximum absolute atomic E-state index is 12.3. The van der Waals surface area contributed by atoms with Crippen LogP contribution in [0.3, 0.4) is 0 Å². The van der Waals surface area contributed by atoms with Crippen molar-refractivity contribution in [2.24, 2.45) is 0 Å². The molecule has 0 bridgehead atoms. The number of alkyl halides is 3. The molecule has 114 valence electrons. The number of amidine groups is 1. The summed E-state index contributed by atoms with van der Waals surface area (Å²) in [5.74, 6) is -0.888. The predicted octanol–water partition coefficient (Wildman–Crippen LogP) is 4.29. The topological polar surface area (TPSA) is 53.4 Å². The number of nitrogens with zero attached hydrogens (tertiary/aromatic N) is 1. The van der Waals surface area contributed by atoms with E-state index in [1.807, 2.05) is 0 Å². The molecule has 22 heavy (non-hydrogen) atoms. The lowest BCUT2D eigenvalue weighted by molar-refractivity contribution is -0.274. The summed E-state index contributed by atoms with van der Waals surface area (Å²) >= 11 is 6.92. The van der Waals surface area contributed by atoms with Gasteiger partial charge in [-0.25, -0.2) is 0 Å². The van der Waals surface area contributed by atoms with Crippen molar-refractivity contribution in [2.75, 3.05) is 4.90 Å². The van der Waals surface area contributed by atoms with E-state index in [4.69, 9.17) is 17.0 Å². The third kappa shape index (κ3) is 2.55. The Morgan fingerprint density at radius 1 is 1.23 bits per heavy atom. The van der Waals surface area contributed by atoms with E-state index < -0.39 is 18.0 Å². The molecule has 4 nitrogen and oxygen atoms in total. The molecule has 1 aromatic carbocycles. The van der Waals surface area contributed by atoms with Crippen LogP contribution in [0.2, 0.25) is 4.34 Å². The van der Waals surface area contributed by atoms with E-state index in [9.17, 15) is 18.0 Å². The van der Waals surface area contributed by atoms with Crippen molar-refractivity contribution in [1.82, 2.24) is 0 Å². The van der Waals surface area contributed by atoms with Crippen LogP contribution in [0.25, 0.3) is 0 Å². The number of benzene rings is 1. The third-order valence-electron chi connectivity index (χ3n) is 2.90. The van der Waals surface area contributed by atoms with Gasteiger partial charge in [0.25, 0.3) is 5.91 Å². The summed E-state index contributed by atoms with van der Waals surface area (Å²) in [6.07, 6.45) is -4.78. The lowest BCUT2D eigenvalue weighted by atomic mass is 10.2. The van der Waals surface area contributed by atoms with E-state index >= 15 is 0 Å². The van der Waals surface area contributed by atoms with Gasteiger partial charge in [0.15, 0.2) is 5.84 Å². The number of ether oxygens (including phenoxy) is 1. The second kappa shape index (κ2) is 4.99. The molecule has 1 aromatic heterocycles. The van der Waals surface area contributed by atoms with Crippen molar-refractivity contribution in [1.29, 1.82) is 5.41 Å². The van der Waals surface area contributed by atoms with Crippen molar-refractivity contribution in [2.45, 2.75) is 6.36 Å². The van der Waals surface area contributed by atoms with E-state index in [1.54, 1.807) is 0 Å². The highest BCUT2D eigenvalue weighted by Gasteiger charge is 2.36. The van der Waals surface area contributed by atoms with Gasteiger partial charge in [0.2, 0.25) is 0 Å². The molecule has 0 spiro atoms. The summed E-state index contributed by atoms with van der Waals surface area (Å²) in [6, 6.07) is 6.21. The van der Waals surface area contributed by atoms with Crippen molar-refractivity contribution in [3.05, 3.63) is 45.1 Å². The van der Waals surface area contributed by atoms with Gasteiger partial charge in [-0.3, -0.25) is 15.1 Å². The summed E-state index contributed by atoms with van der Waals surface area (Å²) in [7, 11) is 0. The fraction of sp³-hybridized carbons (Fsp3) is 0.0769. The summed E-state index contributed by atoms with van der Waals surface area (Å²) in [5.41, 5.74) is 0.597. The van der Waals surface area contributed by atoms with Crippen LogP contribution in [0.4, 0.5) is 18.9 Å². The first-order chi connectivity index (χ1) is 10.3. The molecule has 0 fully saturated rings. The fourth-order valence-electron chi connectivity index (χ4n) is 2.06.